The van der Waals surface area contributed by atoms with Crippen LogP contribution in [0, 0.1) is 0 Å². The molecule has 0 saturated heterocycles. The van der Waals surface area contributed by atoms with Crippen LogP contribution in [-0.2, 0) is 21.7 Å². The highest BCUT2D eigenvalue weighted by atomic mass is 15.2. The van der Waals surface area contributed by atoms with E-state index in [1.165, 1.54) is 109 Å². The van der Waals surface area contributed by atoms with Crippen LogP contribution in [0.4, 0.5) is 34.1 Å². The van der Waals surface area contributed by atoms with E-state index in [9.17, 15) is 0 Å². The Labute approximate surface area is 352 Å². The lowest BCUT2D eigenvalue weighted by molar-refractivity contribution is 0.332. The average molecular weight is 767 g/mol. The second-order valence-electron chi connectivity index (χ2n) is 20.7. The standard InChI is InChI=1S/C56H55BN2/c1-53(2)26-27-54(3,4)45-32-40(24-25-44(45)53)59-50-35-47-46(55(5,6)28-29-56(47,7)8)34-49(50)57-48-21-15-14-20-42(48)43-31-41(33-51(59)52(43)57)58(38-18-10-9-11-19-38)39-23-22-36-16-12-13-17-37(36)30-39/h9-25,30-35H,26-29H2,1-8H3. The van der Waals surface area contributed by atoms with Gasteiger partial charge in [0.05, 0.1) is 0 Å². The number of fused-ring (bicyclic) bond motifs is 8. The molecular weight excluding hydrogens is 711 g/mol. The molecule has 3 heteroatoms. The van der Waals surface area contributed by atoms with Crippen molar-refractivity contribution in [2.24, 2.45) is 0 Å². The summed E-state index contributed by atoms with van der Waals surface area (Å²) in [4.78, 5) is 5.16. The number of hydrogen-bond donors (Lipinski definition) is 0. The van der Waals surface area contributed by atoms with Gasteiger partial charge in [-0.05, 0) is 157 Å². The molecule has 0 spiro atoms. The number of para-hydroxylation sites is 1. The van der Waals surface area contributed by atoms with Crippen LogP contribution in [0.15, 0.2) is 140 Å². The van der Waals surface area contributed by atoms with E-state index in [0.717, 1.165) is 11.4 Å². The molecule has 7 aromatic rings. The fraction of sp³-hybridized carbons (Fsp3) is 0.286. The maximum Gasteiger partial charge on any atom is 0.248 e. The van der Waals surface area contributed by atoms with Crippen molar-refractivity contribution in [3.8, 4) is 11.1 Å². The summed E-state index contributed by atoms with van der Waals surface area (Å²) in [6.07, 6.45) is 4.77. The van der Waals surface area contributed by atoms with Gasteiger partial charge in [-0.25, -0.2) is 0 Å². The molecule has 0 bridgehead atoms. The summed E-state index contributed by atoms with van der Waals surface area (Å²) in [5.41, 5.74) is 20.8. The number of hydrogen-bond acceptors (Lipinski definition) is 2. The van der Waals surface area contributed by atoms with Gasteiger partial charge >= 0.3 is 0 Å². The molecule has 2 aliphatic carbocycles. The quantitative estimate of drug-likeness (QED) is 0.165. The van der Waals surface area contributed by atoms with Gasteiger partial charge < -0.3 is 9.80 Å². The molecule has 0 aromatic heterocycles. The first-order valence-corrected chi connectivity index (χ1v) is 22.0. The van der Waals surface area contributed by atoms with Crippen molar-refractivity contribution in [2.45, 2.75) is 103 Å². The first kappa shape index (κ1) is 36.5. The zero-order valence-corrected chi connectivity index (χ0v) is 36.1. The van der Waals surface area contributed by atoms with Crippen molar-refractivity contribution in [1.29, 1.82) is 0 Å². The minimum absolute atomic E-state index is 0.0779. The summed E-state index contributed by atoms with van der Waals surface area (Å²) in [5, 5.41) is 2.49. The zero-order chi connectivity index (χ0) is 40.6. The Morgan fingerprint density at radius 3 is 1.76 bits per heavy atom. The van der Waals surface area contributed by atoms with Crippen LogP contribution in [0.25, 0.3) is 21.9 Å². The highest BCUT2D eigenvalue weighted by Crippen LogP contribution is 2.53. The van der Waals surface area contributed by atoms with Gasteiger partial charge in [-0.15, -0.1) is 0 Å². The Balaban J connectivity index is 1.24. The van der Waals surface area contributed by atoms with Crippen molar-refractivity contribution in [3.05, 3.63) is 162 Å². The topological polar surface area (TPSA) is 6.48 Å². The zero-order valence-electron chi connectivity index (χ0n) is 36.1. The normalized spacial score (nSPS) is 18.4. The highest BCUT2D eigenvalue weighted by Gasteiger charge is 2.47. The fourth-order valence-electron chi connectivity index (χ4n) is 11.4. The van der Waals surface area contributed by atoms with Crippen LogP contribution in [0.2, 0.25) is 0 Å². The van der Waals surface area contributed by atoms with Crippen LogP contribution < -0.4 is 26.2 Å². The van der Waals surface area contributed by atoms with Crippen LogP contribution in [0.1, 0.15) is 103 Å². The maximum absolute atomic E-state index is 2.68. The molecule has 2 aliphatic heterocycles. The molecule has 292 valence electrons. The molecule has 7 aromatic carbocycles. The van der Waals surface area contributed by atoms with Gasteiger partial charge in [0.15, 0.2) is 0 Å². The van der Waals surface area contributed by atoms with Gasteiger partial charge in [0.1, 0.15) is 0 Å². The van der Waals surface area contributed by atoms with Crippen molar-refractivity contribution in [3.63, 3.8) is 0 Å². The third-order valence-corrected chi connectivity index (χ3v) is 15.1. The molecule has 0 fully saturated rings. The lowest BCUT2D eigenvalue weighted by Crippen LogP contribution is -2.55. The second-order valence-corrected chi connectivity index (χ2v) is 20.7. The van der Waals surface area contributed by atoms with Crippen LogP contribution in [0.3, 0.4) is 0 Å². The minimum Gasteiger partial charge on any atom is -0.311 e. The van der Waals surface area contributed by atoms with E-state index >= 15 is 0 Å². The molecule has 2 nitrogen and oxygen atoms in total. The van der Waals surface area contributed by atoms with Gasteiger partial charge in [0, 0.05) is 34.1 Å². The van der Waals surface area contributed by atoms with Crippen LogP contribution in [0.5, 0.6) is 0 Å². The Hall–Kier alpha value is -5.54. The molecule has 2 heterocycles. The second kappa shape index (κ2) is 12.5. The largest absolute Gasteiger partial charge is 0.311 e. The molecule has 11 rings (SSSR count). The van der Waals surface area contributed by atoms with Gasteiger partial charge in [-0.2, -0.15) is 0 Å². The lowest BCUT2D eigenvalue weighted by atomic mass is 9.36. The Morgan fingerprint density at radius 2 is 1.03 bits per heavy atom. The maximum atomic E-state index is 2.68. The summed E-state index contributed by atoms with van der Waals surface area (Å²) in [6, 6.07) is 53.6. The van der Waals surface area contributed by atoms with E-state index in [4.69, 9.17) is 0 Å². The third-order valence-electron chi connectivity index (χ3n) is 15.1. The monoisotopic (exact) mass is 766 g/mol. The van der Waals surface area contributed by atoms with Crippen molar-refractivity contribution < 1.29 is 0 Å². The SMILES string of the molecule is CC1(C)CCC(C)(C)c2cc(N3c4cc5c(cc4B4c6ccccc6-c6cc(N(c7ccccc7)c7ccc8ccccc8c7)cc3c64)C(C)(C)CCC5(C)C)ccc21. The van der Waals surface area contributed by atoms with Gasteiger partial charge in [0.2, 0.25) is 6.71 Å². The van der Waals surface area contributed by atoms with Crippen molar-refractivity contribution in [1.82, 2.24) is 0 Å². The first-order valence-electron chi connectivity index (χ1n) is 22.0. The van der Waals surface area contributed by atoms with Crippen molar-refractivity contribution >= 4 is 68.0 Å². The van der Waals surface area contributed by atoms with E-state index in [2.05, 4.69) is 205 Å². The molecule has 0 unspecified atom stereocenters. The molecule has 59 heavy (non-hydrogen) atoms. The number of nitrogens with zero attached hydrogens (tertiary/aromatic N) is 2. The van der Waals surface area contributed by atoms with E-state index < -0.39 is 0 Å². The molecule has 0 atom stereocenters. The van der Waals surface area contributed by atoms with E-state index in [-0.39, 0.29) is 28.4 Å². The van der Waals surface area contributed by atoms with E-state index in [1.807, 2.05) is 0 Å². The minimum atomic E-state index is 0.0779. The van der Waals surface area contributed by atoms with E-state index in [1.54, 1.807) is 0 Å². The number of rotatable bonds is 4. The molecule has 0 saturated carbocycles. The van der Waals surface area contributed by atoms with Gasteiger partial charge in [0.25, 0.3) is 0 Å². The van der Waals surface area contributed by atoms with Crippen molar-refractivity contribution in [2.75, 3.05) is 9.80 Å². The van der Waals surface area contributed by atoms with Gasteiger partial charge in [-0.3, -0.25) is 0 Å². The average Bonchev–Trinajstić information content (AvgIpc) is 3.56. The smallest absolute Gasteiger partial charge is 0.248 e. The van der Waals surface area contributed by atoms with Crippen LogP contribution in [-0.4, -0.2) is 6.71 Å². The number of benzene rings is 7. The fourth-order valence-corrected chi connectivity index (χ4v) is 11.4. The van der Waals surface area contributed by atoms with Crippen LogP contribution >= 0.6 is 0 Å². The molecular formula is C56H55BN2. The summed E-state index contributed by atoms with van der Waals surface area (Å²) in [7, 11) is 0. The molecule has 0 N–H and O–H groups in total. The summed E-state index contributed by atoms with van der Waals surface area (Å²) in [6.45, 7) is 19.8. The lowest BCUT2D eigenvalue weighted by Gasteiger charge is -2.45. The Morgan fingerprint density at radius 1 is 0.424 bits per heavy atom. The predicted molar refractivity (Wildman–Crippen MR) is 254 cm³/mol. The summed E-state index contributed by atoms with van der Waals surface area (Å²) in [5.74, 6) is 0. The Kier molecular flexibility index (Phi) is 7.74. The molecule has 0 amide bonds. The van der Waals surface area contributed by atoms with E-state index in [0.29, 0.717) is 0 Å². The van der Waals surface area contributed by atoms with Gasteiger partial charge in [-0.1, -0.05) is 146 Å². The summed E-state index contributed by atoms with van der Waals surface area (Å²) < 4.78 is 0. The Bertz CT molecular complexity index is 2860. The number of anilines is 6. The molecule has 0 radical (unpaired) electrons. The third kappa shape index (κ3) is 5.46. The highest BCUT2D eigenvalue weighted by molar-refractivity contribution is 7.01. The summed E-state index contributed by atoms with van der Waals surface area (Å²) >= 11 is 0. The first-order chi connectivity index (χ1) is 28.2. The molecule has 4 aliphatic rings. The predicted octanol–water partition coefficient (Wildman–Crippen LogP) is 13.3.